The number of phenols is 1. The second-order valence-corrected chi connectivity index (χ2v) is 5.82. The zero-order valence-corrected chi connectivity index (χ0v) is 11.1. The number of aromatic hydroxyl groups is 1. The molecule has 6 heteroatoms. The second-order valence-electron chi connectivity index (χ2n) is 4.02. The molecule has 4 nitrogen and oxygen atoms in total. The third-order valence-electron chi connectivity index (χ3n) is 2.61. The van der Waals surface area contributed by atoms with Gasteiger partial charge >= 0.3 is 0 Å². The van der Waals surface area contributed by atoms with Crippen LogP contribution in [0.4, 0.5) is 4.39 Å². The Labute approximate surface area is 108 Å². The van der Waals surface area contributed by atoms with Crippen molar-refractivity contribution in [2.45, 2.75) is 18.6 Å². The van der Waals surface area contributed by atoms with E-state index in [0.29, 0.717) is 13.0 Å². The van der Waals surface area contributed by atoms with Crippen LogP contribution < -0.4 is 5.32 Å². The van der Waals surface area contributed by atoms with Crippen molar-refractivity contribution < 1.29 is 18.5 Å². The minimum Gasteiger partial charge on any atom is -0.507 e. The summed E-state index contributed by atoms with van der Waals surface area (Å²) in [6, 6.07) is 3.22. The van der Waals surface area contributed by atoms with E-state index >= 15 is 0 Å². The molecule has 1 aromatic rings. The normalized spacial score (nSPS) is 13.9. The number of carbonyl (C=O) groups excluding carboxylic acids is 1. The molecule has 2 unspecified atom stereocenters. The summed E-state index contributed by atoms with van der Waals surface area (Å²) in [6.07, 6.45) is 2.19. The van der Waals surface area contributed by atoms with E-state index in [1.54, 1.807) is 6.26 Å². The lowest BCUT2D eigenvalue weighted by Crippen LogP contribution is -2.27. The van der Waals surface area contributed by atoms with Crippen molar-refractivity contribution in [3.05, 3.63) is 29.6 Å². The molecule has 0 fully saturated rings. The van der Waals surface area contributed by atoms with Crippen LogP contribution in [-0.2, 0) is 10.8 Å². The predicted molar refractivity (Wildman–Crippen MR) is 68.5 cm³/mol. The Balaban J connectivity index is 2.53. The van der Waals surface area contributed by atoms with Gasteiger partial charge in [0.25, 0.3) is 5.91 Å². The summed E-state index contributed by atoms with van der Waals surface area (Å²) < 4.78 is 23.8. The number of hydrogen-bond donors (Lipinski definition) is 2. The number of hydrogen-bond acceptors (Lipinski definition) is 3. The third kappa shape index (κ3) is 4.10. The Kier molecular flexibility index (Phi) is 5.27. The minimum atomic E-state index is -0.927. The van der Waals surface area contributed by atoms with Crippen LogP contribution >= 0.6 is 0 Å². The molecule has 0 aliphatic carbocycles. The van der Waals surface area contributed by atoms with Gasteiger partial charge < -0.3 is 10.4 Å². The van der Waals surface area contributed by atoms with Crippen LogP contribution in [0.1, 0.15) is 23.7 Å². The smallest absolute Gasteiger partial charge is 0.255 e. The molecule has 2 atom stereocenters. The summed E-state index contributed by atoms with van der Waals surface area (Å²) in [4.78, 5) is 11.7. The van der Waals surface area contributed by atoms with Crippen LogP contribution in [-0.4, -0.2) is 33.3 Å². The van der Waals surface area contributed by atoms with Gasteiger partial charge in [0.05, 0.1) is 5.56 Å². The Morgan fingerprint density at radius 3 is 2.78 bits per heavy atom. The number of nitrogens with one attached hydrogen (secondary N) is 1. The third-order valence-corrected chi connectivity index (χ3v) is 3.98. The quantitative estimate of drug-likeness (QED) is 0.852. The molecule has 0 radical (unpaired) electrons. The van der Waals surface area contributed by atoms with Crippen molar-refractivity contribution in [3.8, 4) is 5.75 Å². The van der Waals surface area contributed by atoms with Crippen molar-refractivity contribution in [3.63, 3.8) is 0 Å². The van der Waals surface area contributed by atoms with Crippen LogP contribution in [0, 0.1) is 5.82 Å². The fraction of sp³-hybridized carbons (Fsp3) is 0.417. The molecule has 0 saturated carbocycles. The maximum atomic E-state index is 12.7. The maximum Gasteiger partial charge on any atom is 0.255 e. The lowest BCUT2D eigenvalue weighted by molar-refractivity contribution is 0.0950. The molecule has 0 bridgehead atoms. The largest absolute Gasteiger partial charge is 0.507 e. The van der Waals surface area contributed by atoms with Gasteiger partial charge in [-0.1, -0.05) is 6.92 Å². The van der Waals surface area contributed by atoms with Crippen molar-refractivity contribution in [2.24, 2.45) is 0 Å². The highest BCUT2D eigenvalue weighted by Gasteiger charge is 2.12. The van der Waals surface area contributed by atoms with E-state index in [1.807, 2.05) is 6.92 Å². The van der Waals surface area contributed by atoms with Gasteiger partial charge in [0.15, 0.2) is 0 Å². The number of benzene rings is 1. The molecule has 0 aliphatic rings. The van der Waals surface area contributed by atoms with Crippen molar-refractivity contribution in [1.29, 1.82) is 0 Å². The van der Waals surface area contributed by atoms with Crippen LogP contribution in [0.2, 0.25) is 0 Å². The number of halogens is 1. The van der Waals surface area contributed by atoms with Crippen LogP contribution in [0.15, 0.2) is 18.2 Å². The van der Waals surface area contributed by atoms with E-state index in [-0.39, 0.29) is 16.6 Å². The molecule has 0 aromatic heterocycles. The van der Waals surface area contributed by atoms with Gasteiger partial charge in [0.2, 0.25) is 0 Å². The highest BCUT2D eigenvalue weighted by Crippen LogP contribution is 2.17. The lowest BCUT2D eigenvalue weighted by Gasteiger charge is -2.10. The van der Waals surface area contributed by atoms with E-state index in [4.69, 9.17) is 0 Å². The molecule has 1 rings (SSSR count). The van der Waals surface area contributed by atoms with Gasteiger partial charge in [-0.3, -0.25) is 9.00 Å². The van der Waals surface area contributed by atoms with E-state index in [1.165, 1.54) is 6.07 Å². The topological polar surface area (TPSA) is 66.4 Å². The first-order chi connectivity index (χ1) is 8.41. The molecular weight excluding hydrogens is 257 g/mol. The number of carbonyl (C=O) groups is 1. The molecule has 100 valence electrons. The first-order valence-corrected chi connectivity index (χ1v) is 7.13. The van der Waals surface area contributed by atoms with Gasteiger partial charge in [-0.05, 0) is 18.6 Å². The van der Waals surface area contributed by atoms with E-state index in [2.05, 4.69) is 5.32 Å². The average molecular weight is 273 g/mol. The Morgan fingerprint density at radius 1 is 1.56 bits per heavy atom. The first kappa shape index (κ1) is 14.6. The zero-order chi connectivity index (χ0) is 13.7. The molecule has 1 amide bonds. The highest BCUT2D eigenvalue weighted by molar-refractivity contribution is 7.84. The summed E-state index contributed by atoms with van der Waals surface area (Å²) in [5.74, 6) is -1.46. The summed E-state index contributed by atoms with van der Waals surface area (Å²) in [7, 11) is -0.927. The molecule has 0 aliphatic heterocycles. The van der Waals surface area contributed by atoms with Crippen LogP contribution in [0.3, 0.4) is 0 Å². The molecular formula is C12H16FNO3S. The molecule has 0 heterocycles. The molecule has 18 heavy (non-hydrogen) atoms. The average Bonchev–Trinajstić information content (AvgIpc) is 2.28. The van der Waals surface area contributed by atoms with Crippen LogP contribution in [0.25, 0.3) is 0 Å². The van der Waals surface area contributed by atoms with E-state index < -0.39 is 22.5 Å². The summed E-state index contributed by atoms with van der Waals surface area (Å²) in [6.45, 7) is 2.19. The molecule has 0 spiro atoms. The highest BCUT2D eigenvalue weighted by atomic mass is 32.2. The Bertz CT molecular complexity index is 465. The number of phenolic OH excluding ortho intramolecular Hbond substituents is 1. The van der Waals surface area contributed by atoms with Gasteiger partial charge in [-0.15, -0.1) is 0 Å². The van der Waals surface area contributed by atoms with E-state index in [0.717, 1.165) is 12.1 Å². The van der Waals surface area contributed by atoms with Gasteiger partial charge in [-0.2, -0.15) is 0 Å². The lowest BCUT2D eigenvalue weighted by atomic mass is 10.2. The van der Waals surface area contributed by atoms with E-state index in [9.17, 15) is 18.5 Å². The maximum absolute atomic E-state index is 12.7. The first-order valence-electron chi connectivity index (χ1n) is 5.50. The van der Waals surface area contributed by atoms with Gasteiger partial charge in [-0.25, -0.2) is 4.39 Å². The summed E-state index contributed by atoms with van der Waals surface area (Å²) in [5.41, 5.74) is 0.0293. The molecule has 1 aromatic carbocycles. The van der Waals surface area contributed by atoms with Crippen molar-refractivity contribution in [2.75, 3.05) is 12.8 Å². The fourth-order valence-electron chi connectivity index (χ4n) is 1.35. The fourth-order valence-corrected chi connectivity index (χ4v) is 1.80. The summed E-state index contributed by atoms with van der Waals surface area (Å²) >= 11 is 0. The Morgan fingerprint density at radius 2 is 2.22 bits per heavy atom. The SMILES string of the molecule is CC(CCNC(=O)c1ccc(F)cc1O)S(C)=O. The van der Waals surface area contributed by atoms with Gasteiger partial charge in [0.1, 0.15) is 11.6 Å². The number of amides is 1. The summed E-state index contributed by atoms with van der Waals surface area (Å²) in [5, 5.41) is 12.0. The molecule has 2 N–H and O–H groups in total. The van der Waals surface area contributed by atoms with Crippen molar-refractivity contribution >= 4 is 16.7 Å². The zero-order valence-electron chi connectivity index (χ0n) is 10.3. The van der Waals surface area contributed by atoms with Crippen molar-refractivity contribution in [1.82, 2.24) is 5.32 Å². The standard InChI is InChI=1S/C12H16FNO3S/c1-8(18(2)17)5-6-14-12(16)10-4-3-9(13)7-11(10)15/h3-4,7-8,15H,5-6H2,1-2H3,(H,14,16). The second kappa shape index (κ2) is 6.49. The monoisotopic (exact) mass is 273 g/mol. The minimum absolute atomic E-state index is 0.00730. The number of rotatable bonds is 5. The predicted octanol–water partition coefficient (Wildman–Crippen LogP) is 1.42. The Hall–Kier alpha value is -1.43. The molecule has 0 saturated heterocycles. The van der Waals surface area contributed by atoms with Crippen LogP contribution in [0.5, 0.6) is 5.75 Å². The van der Waals surface area contributed by atoms with Gasteiger partial charge in [0, 0.05) is 34.9 Å².